The molecule has 0 spiro atoms. The normalized spacial score (nSPS) is 15.9. The first-order valence-corrected chi connectivity index (χ1v) is 29.7. The maximum Gasteiger partial charge on any atom is 0.282 e. The summed E-state index contributed by atoms with van der Waals surface area (Å²) in [4.78, 5) is 15.3. The maximum atomic E-state index is 7.44. The van der Waals surface area contributed by atoms with E-state index >= 15 is 0 Å². The summed E-state index contributed by atoms with van der Waals surface area (Å²) >= 11 is 5.49. The van der Waals surface area contributed by atoms with Crippen LogP contribution in [0.25, 0.3) is 14.5 Å². The summed E-state index contributed by atoms with van der Waals surface area (Å²) in [6.45, 7) is 30.9. The second-order valence-electron chi connectivity index (χ2n) is 20.1. The highest BCUT2D eigenvalue weighted by Gasteiger charge is 2.40. The van der Waals surface area contributed by atoms with Crippen LogP contribution >= 0.6 is 35.3 Å². The van der Waals surface area contributed by atoms with Crippen molar-refractivity contribution >= 4 is 35.3 Å². The van der Waals surface area contributed by atoms with E-state index in [2.05, 4.69) is 200 Å². The zero-order chi connectivity index (χ0) is 51.9. The predicted molar refractivity (Wildman–Crippen MR) is 319 cm³/mol. The molecule has 382 valence electrons. The van der Waals surface area contributed by atoms with E-state index < -0.39 is 0 Å². The van der Waals surface area contributed by atoms with Crippen LogP contribution in [0.3, 0.4) is 0 Å². The molecule has 6 heteroatoms. The molecule has 0 radical (unpaired) electrons. The van der Waals surface area contributed by atoms with Crippen LogP contribution in [0.1, 0.15) is 149 Å². The molecule has 0 amide bonds. The molecule has 6 aromatic rings. The van der Waals surface area contributed by atoms with Crippen LogP contribution in [0.15, 0.2) is 178 Å². The third kappa shape index (κ3) is 22.1. The molecule has 0 heterocycles. The van der Waals surface area contributed by atoms with E-state index in [9.17, 15) is 0 Å². The zero-order valence-electron chi connectivity index (χ0n) is 44.5. The lowest BCUT2D eigenvalue weighted by Gasteiger charge is -2.26. The largest absolute Gasteiger partial charge is 0.310 e. The van der Waals surface area contributed by atoms with Crippen molar-refractivity contribution in [1.29, 1.82) is 0 Å². The summed E-state index contributed by atoms with van der Waals surface area (Å²) in [5.74, 6) is 1.25. The van der Waals surface area contributed by atoms with Crippen LogP contribution in [-0.4, -0.2) is 21.0 Å². The van der Waals surface area contributed by atoms with Gasteiger partial charge in [0.1, 0.15) is 0 Å². The minimum absolute atomic E-state index is 0.0837. The van der Waals surface area contributed by atoms with Gasteiger partial charge in [0.2, 0.25) is 5.54 Å². The predicted octanol–water partition coefficient (Wildman–Crippen LogP) is 20.5. The molecule has 3 nitrogen and oxygen atoms in total. The molecule has 0 unspecified atom stereocenters. The third-order valence-corrected chi connectivity index (χ3v) is 17.8. The molecule has 0 N–H and O–H groups in total. The molecular weight excluding hydrogens is 943 g/mol. The van der Waals surface area contributed by atoms with Gasteiger partial charge in [0, 0.05) is 53.2 Å². The molecule has 0 aliphatic heterocycles. The topological polar surface area (TPSA) is 13.1 Å². The minimum atomic E-state index is -0.173. The molecule has 3 saturated carbocycles. The maximum absolute atomic E-state index is 7.44. The van der Waals surface area contributed by atoms with E-state index in [1.807, 2.05) is 17.8 Å². The Morgan fingerprint density at radius 1 is 0.397 bits per heavy atom. The lowest BCUT2D eigenvalue weighted by Crippen LogP contribution is -2.30. The Morgan fingerprint density at radius 2 is 0.740 bits per heavy atom. The second-order valence-corrected chi connectivity index (χ2v) is 24.2. The van der Waals surface area contributed by atoms with Gasteiger partial charge >= 0.3 is 0 Å². The van der Waals surface area contributed by atoms with Gasteiger partial charge in [-0.25, -0.2) is 19.7 Å². The average Bonchev–Trinajstić information content (AvgIpc) is 3.44. The Kier molecular flexibility index (Phi) is 26.5. The molecule has 73 heavy (non-hydrogen) atoms. The van der Waals surface area contributed by atoms with Crippen molar-refractivity contribution in [1.82, 2.24) is 0 Å². The first-order chi connectivity index (χ1) is 35.6. The van der Waals surface area contributed by atoms with Crippen molar-refractivity contribution in [3.8, 4) is 0 Å². The van der Waals surface area contributed by atoms with Gasteiger partial charge < -0.3 is 4.85 Å². The van der Waals surface area contributed by atoms with Gasteiger partial charge in [-0.1, -0.05) is 177 Å². The molecule has 0 saturated heterocycles. The van der Waals surface area contributed by atoms with Crippen molar-refractivity contribution in [3.63, 3.8) is 0 Å². The Bertz CT molecular complexity index is 2400. The monoisotopic (exact) mass is 1020 g/mol. The summed E-state index contributed by atoms with van der Waals surface area (Å²) in [7, 11) is 0. The van der Waals surface area contributed by atoms with Crippen molar-refractivity contribution in [2.75, 3.05) is 5.75 Å². The number of nitrogens with zero attached hydrogens (tertiary/aromatic N) is 3. The van der Waals surface area contributed by atoms with Gasteiger partial charge in [-0.3, -0.25) is 9.69 Å². The first-order valence-electron chi connectivity index (χ1n) is 27.1. The average molecular weight is 1020 g/mol. The number of benzene rings is 6. The zero-order valence-corrected chi connectivity index (χ0v) is 47.0. The van der Waals surface area contributed by atoms with Crippen molar-refractivity contribution in [3.05, 3.63) is 231 Å². The van der Waals surface area contributed by atoms with E-state index in [0.717, 1.165) is 57.8 Å². The Labute approximate surface area is 455 Å². The Balaban J connectivity index is 0.000000170. The number of rotatable bonds is 13. The number of aryl methyl sites for hydroxylation is 5. The molecule has 3 fully saturated rings. The first kappa shape index (κ1) is 58.7. The van der Waals surface area contributed by atoms with E-state index in [4.69, 9.17) is 19.7 Å². The van der Waals surface area contributed by atoms with Gasteiger partial charge in [0.25, 0.3) is 9.74 Å². The molecule has 6 aromatic carbocycles. The lowest BCUT2D eigenvalue weighted by molar-refractivity contribution is 0.344. The summed E-state index contributed by atoms with van der Waals surface area (Å²) in [6.07, 6.45) is 23.4. The SMILES string of the molecule is CCCCSc1ccc(C)cc1.[C-]#[N+]C1(Cc2ccccc2)CCCCC1.[C-]#[N+]C1(Sc2ccc(C)cc2)CCCCC1.[C-]#[N+]C1(Sc2ccc(C)cc2)CCCCC1.c1ccc(CCc2ccccc2)cc1. The van der Waals surface area contributed by atoms with E-state index in [1.54, 1.807) is 23.5 Å². The number of hydrogen-bond acceptors (Lipinski definition) is 3. The van der Waals surface area contributed by atoms with Crippen molar-refractivity contribution < 1.29 is 0 Å². The molecule has 3 aliphatic carbocycles. The highest BCUT2D eigenvalue weighted by atomic mass is 32.2. The smallest absolute Gasteiger partial charge is 0.282 e. The third-order valence-electron chi connectivity index (χ3n) is 13.9. The molecule has 0 bridgehead atoms. The van der Waals surface area contributed by atoms with Crippen LogP contribution in [-0.2, 0) is 19.3 Å². The van der Waals surface area contributed by atoms with E-state index in [-0.39, 0.29) is 15.3 Å². The highest BCUT2D eigenvalue weighted by Crippen LogP contribution is 2.46. The summed E-state index contributed by atoms with van der Waals surface area (Å²) in [5.41, 5.74) is 7.97. The second kappa shape index (κ2) is 32.9. The molecule has 3 aliphatic rings. The Hall–Kier alpha value is -5.16. The Morgan fingerprint density at radius 3 is 1.08 bits per heavy atom. The summed E-state index contributed by atoms with van der Waals surface area (Å²) < 4.78 is 0. The van der Waals surface area contributed by atoms with Gasteiger partial charge in [-0.2, -0.15) is 0 Å². The number of unbranched alkanes of at least 4 members (excludes halogenated alkanes) is 1. The summed E-state index contributed by atoms with van der Waals surface area (Å²) in [6, 6.07) is 57.5. The van der Waals surface area contributed by atoms with Gasteiger partial charge in [-0.15, -0.1) is 11.8 Å². The lowest BCUT2D eigenvalue weighted by atomic mass is 9.78. The van der Waals surface area contributed by atoms with Gasteiger partial charge in [0.15, 0.2) is 0 Å². The van der Waals surface area contributed by atoms with Gasteiger partial charge in [0.05, 0.1) is 6.42 Å². The van der Waals surface area contributed by atoms with Crippen molar-refractivity contribution in [2.45, 2.75) is 186 Å². The fraction of sp³-hybridized carbons (Fsp3) is 0.418. The highest BCUT2D eigenvalue weighted by molar-refractivity contribution is 8.01. The molecular formula is C67H81N3S3. The fourth-order valence-electron chi connectivity index (χ4n) is 9.39. The van der Waals surface area contributed by atoms with Crippen LogP contribution in [0.2, 0.25) is 0 Å². The standard InChI is InChI=1S/2C14H17NS.C14H17N.C14H14.C11H16S/c2*1-12-6-8-13(9-7-12)16-14(15-2)10-4-3-5-11-14;1-15-14(10-6-3-7-11-14)12-13-8-4-2-5-9-13;1-3-7-13(8-4-1)11-12-14-9-5-2-6-10-14;1-3-4-9-12-11-7-5-10(2)6-8-11/h2*6-9H,3-5,10-11H2,1H3;2,4-5,8-9H,3,6-7,10-12H2;1-10H,11-12H2;5-8H,3-4,9H2,1-2H3. The fourth-order valence-corrected chi connectivity index (χ4v) is 12.9. The van der Waals surface area contributed by atoms with Crippen LogP contribution in [0.5, 0.6) is 0 Å². The van der Waals surface area contributed by atoms with Crippen LogP contribution in [0, 0.1) is 40.5 Å². The summed E-state index contributed by atoms with van der Waals surface area (Å²) in [5, 5.41) is 0. The molecule has 0 aromatic heterocycles. The van der Waals surface area contributed by atoms with Crippen LogP contribution in [0.4, 0.5) is 0 Å². The van der Waals surface area contributed by atoms with Crippen LogP contribution < -0.4 is 0 Å². The minimum Gasteiger partial charge on any atom is -0.310 e. The van der Waals surface area contributed by atoms with Gasteiger partial charge in [-0.05, 0) is 161 Å². The quantitative estimate of drug-likeness (QED) is 0.0650. The molecule has 0 atom stereocenters. The van der Waals surface area contributed by atoms with E-state index in [0.29, 0.717) is 0 Å². The van der Waals surface area contributed by atoms with Crippen molar-refractivity contribution in [2.24, 2.45) is 0 Å². The molecule has 9 rings (SSSR count). The number of hydrogen-bond donors (Lipinski definition) is 0. The number of thioether (sulfide) groups is 3. The van der Waals surface area contributed by atoms with E-state index in [1.165, 1.54) is 124 Å².